The Morgan fingerprint density at radius 3 is 2.37 bits per heavy atom. The first-order chi connectivity index (χ1) is 8.95. The van der Waals surface area contributed by atoms with Crippen molar-refractivity contribution in [3.05, 3.63) is 35.4 Å². The third-order valence-corrected chi connectivity index (χ3v) is 3.05. The standard InChI is InChI=1S/C17H23NO/c1-5-6-7-8-13-18-16(19)14-9-11-15(12-10-14)17(2,3)4/h1,9-12H,6-8,13H2,2-4H3,(H,18,19). The van der Waals surface area contributed by atoms with Crippen LogP contribution in [0.2, 0.25) is 0 Å². The van der Waals surface area contributed by atoms with Gasteiger partial charge in [0.2, 0.25) is 0 Å². The van der Waals surface area contributed by atoms with Gasteiger partial charge in [-0.1, -0.05) is 32.9 Å². The average molecular weight is 257 g/mol. The zero-order valence-corrected chi connectivity index (χ0v) is 12.1. The summed E-state index contributed by atoms with van der Waals surface area (Å²) in [6.45, 7) is 7.16. The third-order valence-electron chi connectivity index (χ3n) is 3.05. The van der Waals surface area contributed by atoms with E-state index in [0.717, 1.165) is 19.3 Å². The summed E-state index contributed by atoms with van der Waals surface area (Å²) in [4.78, 5) is 11.9. The van der Waals surface area contributed by atoms with Crippen LogP contribution in [0.4, 0.5) is 0 Å². The molecule has 102 valence electrons. The van der Waals surface area contributed by atoms with Crippen molar-refractivity contribution in [3.63, 3.8) is 0 Å². The lowest BCUT2D eigenvalue weighted by Crippen LogP contribution is -2.24. The smallest absolute Gasteiger partial charge is 0.251 e. The second-order valence-electron chi connectivity index (χ2n) is 5.74. The fraction of sp³-hybridized carbons (Fsp3) is 0.471. The van der Waals surface area contributed by atoms with Crippen LogP contribution in [-0.2, 0) is 5.41 Å². The quantitative estimate of drug-likeness (QED) is 0.634. The number of carbonyl (C=O) groups excluding carboxylic acids is 1. The molecule has 0 saturated carbocycles. The molecule has 0 aliphatic carbocycles. The molecule has 0 radical (unpaired) electrons. The van der Waals surface area contributed by atoms with Crippen molar-refractivity contribution >= 4 is 5.91 Å². The number of rotatable bonds is 5. The van der Waals surface area contributed by atoms with Gasteiger partial charge in [-0.05, 0) is 36.0 Å². The fourth-order valence-electron chi connectivity index (χ4n) is 1.78. The van der Waals surface area contributed by atoms with Crippen molar-refractivity contribution in [1.82, 2.24) is 5.32 Å². The Kier molecular flexibility index (Phi) is 5.63. The molecule has 2 heteroatoms. The molecule has 1 amide bonds. The highest BCUT2D eigenvalue weighted by molar-refractivity contribution is 5.94. The Bertz CT molecular complexity index is 446. The molecule has 0 saturated heterocycles. The molecule has 0 aliphatic heterocycles. The summed E-state index contributed by atoms with van der Waals surface area (Å²) in [5.41, 5.74) is 2.06. The number of hydrogen-bond donors (Lipinski definition) is 1. The van der Waals surface area contributed by atoms with Crippen LogP contribution in [0.1, 0.15) is 56.0 Å². The van der Waals surface area contributed by atoms with Gasteiger partial charge in [-0.3, -0.25) is 4.79 Å². The predicted octanol–water partition coefficient (Wildman–Crippen LogP) is 3.52. The number of nitrogens with one attached hydrogen (secondary N) is 1. The summed E-state index contributed by atoms with van der Waals surface area (Å²) in [6.07, 6.45) is 7.83. The Hall–Kier alpha value is -1.75. The maximum absolute atomic E-state index is 11.9. The Balaban J connectivity index is 2.48. The lowest BCUT2D eigenvalue weighted by atomic mass is 9.87. The molecule has 0 aromatic heterocycles. The van der Waals surface area contributed by atoms with Gasteiger partial charge in [0.15, 0.2) is 0 Å². The van der Waals surface area contributed by atoms with Crippen molar-refractivity contribution < 1.29 is 4.79 Å². The normalized spacial score (nSPS) is 10.8. The topological polar surface area (TPSA) is 29.1 Å². The van der Waals surface area contributed by atoms with E-state index in [4.69, 9.17) is 6.42 Å². The van der Waals surface area contributed by atoms with Gasteiger partial charge in [0.25, 0.3) is 5.91 Å². The molecular weight excluding hydrogens is 234 g/mol. The molecular formula is C17H23NO. The van der Waals surface area contributed by atoms with E-state index in [1.54, 1.807) is 0 Å². The Morgan fingerprint density at radius 2 is 1.84 bits per heavy atom. The summed E-state index contributed by atoms with van der Waals surface area (Å²) in [7, 11) is 0. The molecule has 0 heterocycles. The van der Waals surface area contributed by atoms with E-state index >= 15 is 0 Å². The monoisotopic (exact) mass is 257 g/mol. The Morgan fingerprint density at radius 1 is 1.21 bits per heavy atom. The van der Waals surface area contributed by atoms with Gasteiger partial charge >= 0.3 is 0 Å². The summed E-state index contributed by atoms with van der Waals surface area (Å²) < 4.78 is 0. The molecule has 0 bridgehead atoms. The maximum atomic E-state index is 11.9. The Labute approximate surface area is 116 Å². The van der Waals surface area contributed by atoms with Crippen LogP contribution in [0.3, 0.4) is 0 Å². The van der Waals surface area contributed by atoms with Gasteiger partial charge in [0.1, 0.15) is 0 Å². The highest BCUT2D eigenvalue weighted by Gasteiger charge is 2.13. The summed E-state index contributed by atoms with van der Waals surface area (Å²) in [5.74, 6) is 2.58. The maximum Gasteiger partial charge on any atom is 0.251 e. The lowest BCUT2D eigenvalue weighted by Gasteiger charge is -2.19. The zero-order valence-electron chi connectivity index (χ0n) is 12.1. The van der Waals surface area contributed by atoms with E-state index in [1.807, 2.05) is 24.3 Å². The SMILES string of the molecule is C#CCCCCNC(=O)c1ccc(C(C)(C)C)cc1. The molecule has 2 nitrogen and oxygen atoms in total. The molecule has 1 rings (SSSR count). The molecule has 0 atom stereocenters. The van der Waals surface area contributed by atoms with Gasteiger partial charge in [-0.2, -0.15) is 0 Å². The van der Waals surface area contributed by atoms with E-state index in [-0.39, 0.29) is 11.3 Å². The van der Waals surface area contributed by atoms with Crippen LogP contribution in [0.25, 0.3) is 0 Å². The molecule has 19 heavy (non-hydrogen) atoms. The van der Waals surface area contributed by atoms with Crippen molar-refractivity contribution in [2.75, 3.05) is 6.54 Å². The fourth-order valence-corrected chi connectivity index (χ4v) is 1.78. The van der Waals surface area contributed by atoms with Crippen LogP contribution in [0.5, 0.6) is 0 Å². The van der Waals surface area contributed by atoms with Crippen LogP contribution < -0.4 is 5.32 Å². The molecule has 1 aromatic carbocycles. The van der Waals surface area contributed by atoms with E-state index in [1.165, 1.54) is 5.56 Å². The lowest BCUT2D eigenvalue weighted by molar-refractivity contribution is 0.0953. The second kappa shape index (κ2) is 6.99. The van der Waals surface area contributed by atoms with Crippen LogP contribution in [0, 0.1) is 12.3 Å². The molecule has 0 fully saturated rings. The highest BCUT2D eigenvalue weighted by atomic mass is 16.1. The number of unbranched alkanes of at least 4 members (excludes halogenated alkanes) is 2. The second-order valence-corrected chi connectivity index (χ2v) is 5.74. The number of benzene rings is 1. The van der Waals surface area contributed by atoms with Crippen molar-refractivity contribution in [3.8, 4) is 12.3 Å². The van der Waals surface area contributed by atoms with Crippen LogP contribution >= 0.6 is 0 Å². The molecule has 1 aromatic rings. The van der Waals surface area contributed by atoms with Gasteiger partial charge in [0, 0.05) is 18.5 Å². The minimum atomic E-state index is -0.0128. The number of carbonyl (C=O) groups is 1. The molecule has 0 spiro atoms. The first-order valence-corrected chi connectivity index (χ1v) is 6.77. The molecule has 0 unspecified atom stereocenters. The van der Waals surface area contributed by atoms with Crippen molar-refractivity contribution in [1.29, 1.82) is 0 Å². The predicted molar refractivity (Wildman–Crippen MR) is 80.2 cm³/mol. The van der Waals surface area contributed by atoms with E-state index in [2.05, 4.69) is 32.0 Å². The third kappa shape index (κ3) is 5.18. The van der Waals surface area contributed by atoms with E-state index < -0.39 is 0 Å². The highest BCUT2D eigenvalue weighted by Crippen LogP contribution is 2.22. The van der Waals surface area contributed by atoms with E-state index in [0.29, 0.717) is 12.1 Å². The first kappa shape index (κ1) is 15.3. The van der Waals surface area contributed by atoms with Crippen molar-refractivity contribution in [2.24, 2.45) is 0 Å². The van der Waals surface area contributed by atoms with Crippen molar-refractivity contribution in [2.45, 2.75) is 45.4 Å². The zero-order chi connectivity index (χ0) is 14.3. The first-order valence-electron chi connectivity index (χ1n) is 6.77. The van der Waals surface area contributed by atoms with Gasteiger partial charge in [-0.25, -0.2) is 0 Å². The van der Waals surface area contributed by atoms with Gasteiger partial charge in [-0.15, -0.1) is 12.3 Å². The molecule has 0 aliphatic rings. The summed E-state index contributed by atoms with van der Waals surface area (Å²) in [5, 5.41) is 2.91. The minimum Gasteiger partial charge on any atom is -0.352 e. The van der Waals surface area contributed by atoms with Crippen LogP contribution in [-0.4, -0.2) is 12.5 Å². The number of terminal acetylenes is 1. The van der Waals surface area contributed by atoms with Gasteiger partial charge < -0.3 is 5.32 Å². The van der Waals surface area contributed by atoms with Crippen LogP contribution in [0.15, 0.2) is 24.3 Å². The summed E-state index contributed by atoms with van der Waals surface area (Å²) >= 11 is 0. The largest absolute Gasteiger partial charge is 0.352 e. The summed E-state index contributed by atoms with van der Waals surface area (Å²) in [6, 6.07) is 7.81. The number of hydrogen-bond acceptors (Lipinski definition) is 1. The number of amides is 1. The average Bonchev–Trinajstić information content (AvgIpc) is 2.37. The minimum absolute atomic E-state index is 0.0128. The molecule has 1 N–H and O–H groups in total. The van der Waals surface area contributed by atoms with E-state index in [9.17, 15) is 4.79 Å². The van der Waals surface area contributed by atoms with Gasteiger partial charge in [0.05, 0.1) is 0 Å².